The Kier molecular flexibility index (Phi) is 5.71. The fraction of sp³-hybridized carbons (Fsp3) is 0.571. The van der Waals surface area contributed by atoms with Crippen molar-refractivity contribution < 1.29 is 4.74 Å². The first-order valence-corrected chi connectivity index (χ1v) is 10.3. The minimum Gasteiger partial charge on any atom is -0.404 e. The van der Waals surface area contributed by atoms with Crippen molar-refractivity contribution in [1.82, 2.24) is 19.9 Å². The lowest BCUT2D eigenvalue weighted by molar-refractivity contribution is 0.0673. The number of aliphatic imine (C=N–C) groups is 1. The van der Waals surface area contributed by atoms with Gasteiger partial charge in [-0.05, 0) is 26.7 Å². The molecule has 0 spiro atoms. The standard InChI is InChI=1S/C21H29N7O/c1-13-14(2)25-20-19(24-13)18(15-6-4-5-7-15)26-21(27-20)28-8-9-29-17(12-28)16(10-22)11-23-3/h10-11,15,17H,4-9,12,22H2,1-3H3/b16-10+,23-11?/t17-/m1/s1. The Labute approximate surface area is 171 Å². The summed E-state index contributed by atoms with van der Waals surface area (Å²) in [6, 6.07) is 0. The van der Waals surface area contributed by atoms with Crippen molar-refractivity contribution in [2.75, 3.05) is 31.6 Å². The first kappa shape index (κ1) is 19.7. The van der Waals surface area contributed by atoms with Gasteiger partial charge < -0.3 is 15.4 Å². The maximum Gasteiger partial charge on any atom is 0.227 e. The molecule has 2 fully saturated rings. The van der Waals surface area contributed by atoms with E-state index < -0.39 is 0 Å². The largest absolute Gasteiger partial charge is 0.404 e. The number of rotatable bonds is 4. The Bertz CT molecular complexity index is 950. The Morgan fingerprint density at radius 2 is 1.90 bits per heavy atom. The van der Waals surface area contributed by atoms with E-state index in [1.807, 2.05) is 13.8 Å². The number of nitrogens with zero attached hydrogens (tertiary/aromatic N) is 6. The summed E-state index contributed by atoms with van der Waals surface area (Å²) in [7, 11) is 1.73. The molecule has 29 heavy (non-hydrogen) atoms. The third-order valence-corrected chi connectivity index (χ3v) is 5.89. The van der Waals surface area contributed by atoms with E-state index in [4.69, 9.17) is 30.4 Å². The summed E-state index contributed by atoms with van der Waals surface area (Å²) in [6.07, 6.45) is 7.94. The van der Waals surface area contributed by atoms with Gasteiger partial charge in [0.05, 0.1) is 30.2 Å². The maximum absolute atomic E-state index is 5.92. The van der Waals surface area contributed by atoms with Crippen LogP contribution in [-0.2, 0) is 4.74 Å². The smallest absolute Gasteiger partial charge is 0.227 e. The molecule has 8 nitrogen and oxygen atoms in total. The molecule has 2 aromatic heterocycles. The summed E-state index contributed by atoms with van der Waals surface area (Å²) >= 11 is 0. The first-order chi connectivity index (χ1) is 14.1. The lowest BCUT2D eigenvalue weighted by Gasteiger charge is -2.33. The molecule has 1 aliphatic carbocycles. The van der Waals surface area contributed by atoms with Gasteiger partial charge in [0.2, 0.25) is 5.95 Å². The Morgan fingerprint density at radius 3 is 2.62 bits per heavy atom. The van der Waals surface area contributed by atoms with Crippen LogP contribution in [0.2, 0.25) is 0 Å². The highest BCUT2D eigenvalue weighted by Gasteiger charge is 2.28. The van der Waals surface area contributed by atoms with E-state index in [0.29, 0.717) is 30.7 Å². The summed E-state index contributed by atoms with van der Waals surface area (Å²) < 4.78 is 5.92. The van der Waals surface area contributed by atoms with Crippen molar-refractivity contribution in [1.29, 1.82) is 0 Å². The van der Waals surface area contributed by atoms with Gasteiger partial charge in [0.15, 0.2) is 5.65 Å². The fourth-order valence-corrected chi connectivity index (χ4v) is 4.16. The lowest BCUT2D eigenvalue weighted by Crippen LogP contribution is -2.44. The van der Waals surface area contributed by atoms with Crippen molar-refractivity contribution >= 4 is 23.3 Å². The summed E-state index contributed by atoms with van der Waals surface area (Å²) in [5.41, 5.74) is 11.1. The van der Waals surface area contributed by atoms with Gasteiger partial charge in [-0.1, -0.05) is 12.8 Å². The molecule has 154 valence electrons. The predicted octanol–water partition coefficient (Wildman–Crippen LogP) is 2.44. The average Bonchev–Trinajstić information content (AvgIpc) is 3.27. The summed E-state index contributed by atoms with van der Waals surface area (Å²) in [4.78, 5) is 25.6. The van der Waals surface area contributed by atoms with Crippen LogP contribution in [0.15, 0.2) is 16.8 Å². The summed E-state index contributed by atoms with van der Waals surface area (Å²) in [5.74, 6) is 1.13. The number of anilines is 1. The molecule has 1 atom stereocenters. The van der Waals surface area contributed by atoms with E-state index in [1.165, 1.54) is 12.8 Å². The molecule has 0 aromatic carbocycles. The highest BCUT2D eigenvalue weighted by molar-refractivity contribution is 5.80. The highest BCUT2D eigenvalue weighted by atomic mass is 16.5. The summed E-state index contributed by atoms with van der Waals surface area (Å²) in [6.45, 7) is 5.91. The first-order valence-electron chi connectivity index (χ1n) is 10.3. The monoisotopic (exact) mass is 395 g/mol. The number of hydrogen-bond acceptors (Lipinski definition) is 8. The lowest BCUT2D eigenvalue weighted by atomic mass is 10.0. The molecule has 1 saturated carbocycles. The number of hydrogen-bond donors (Lipinski definition) is 1. The van der Waals surface area contributed by atoms with Gasteiger partial charge in [0, 0.05) is 37.5 Å². The normalized spacial score (nSPS) is 21.6. The third kappa shape index (κ3) is 3.94. The SMILES string of the molecule is CN=C/C(=C\N)[C@H]1CN(c2nc(C3CCCC3)c3nc(C)c(C)nc3n2)CCO1. The minimum absolute atomic E-state index is 0.155. The van der Waals surface area contributed by atoms with Crippen LogP contribution in [0, 0.1) is 13.8 Å². The Hall–Kier alpha value is -2.61. The molecule has 0 unspecified atom stereocenters. The number of fused-ring (bicyclic) bond motifs is 1. The molecule has 2 aliphatic rings. The van der Waals surface area contributed by atoms with E-state index >= 15 is 0 Å². The van der Waals surface area contributed by atoms with E-state index in [0.717, 1.165) is 47.6 Å². The van der Waals surface area contributed by atoms with Crippen molar-refractivity contribution in [3.8, 4) is 0 Å². The zero-order valence-electron chi connectivity index (χ0n) is 17.4. The molecule has 0 amide bonds. The maximum atomic E-state index is 5.92. The number of morpholine rings is 1. The molecule has 2 N–H and O–H groups in total. The molecule has 8 heteroatoms. The second kappa shape index (κ2) is 8.41. The third-order valence-electron chi connectivity index (χ3n) is 5.89. The van der Waals surface area contributed by atoms with Crippen LogP contribution in [0.1, 0.15) is 48.7 Å². The second-order valence-corrected chi connectivity index (χ2v) is 7.82. The van der Waals surface area contributed by atoms with Gasteiger partial charge in [-0.2, -0.15) is 4.98 Å². The van der Waals surface area contributed by atoms with Crippen molar-refractivity contribution in [2.24, 2.45) is 10.7 Å². The number of aromatic nitrogens is 4. The van der Waals surface area contributed by atoms with Crippen molar-refractivity contribution in [2.45, 2.75) is 51.6 Å². The zero-order chi connectivity index (χ0) is 20.4. The van der Waals surface area contributed by atoms with Crippen LogP contribution in [0.4, 0.5) is 5.95 Å². The van der Waals surface area contributed by atoms with Crippen LogP contribution in [-0.4, -0.2) is 59.0 Å². The van der Waals surface area contributed by atoms with E-state index in [2.05, 4.69) is 9.89 Å². The predicted molar refractivity (Wildman–Crippen MR) is 114 cm³/mol. The van der Waals surface area contributed by atoms with Gasteiger partial charge in [0.25, 0.3) is 0 Å². The zero-order valence-corrected chi connectivity index (χ0v) is 17.4. The van der Waals surface area contributed by atoms with Gasteiger partial charge in [0.1, 0.15) is 11.6 Å². The van der Waals surface area contributed by atoms with E-state index in [9.17, 15) is 0 Å². The quantitative estimate of drug-likeness (QED) is 0.793. The number of aryl methyl sites for hydroxylation is 2. The molecule has 4 rings (SSSR count). The van der Waals surface area contributed by atoms with Gasteiger partial charge >= 0.3 is 0 Å². The molecule has 1 saturated heterocycles. The molecule has 0 bridgehead atoms. The topological polar surface area (TPSA) is 102 Å². The van der Waals surface area contributed by atoms with Crippen LogP contribution < -0.4 is 10.6 Å². The second-order valence-electron chi connectivity index (χ2n) is 7.82. The van der Waals surface area contributed by atoms with Crippen LogP contribution in [0.25, 0.3) is 11.2 Å². The molecular formula is C21H29N7O. The highest BCUT2D eigenvalue weighted by Crippen LogP contribution is 2.36. The van der Waals surface area contributed by atoms with Gasteiger partial charge in [-0.15, -0.1) is 0 Å². The van der Waals surface area contributed by atoms with Gasteiger partial charge in [-0.3, -0.25) is 4.99 Å². The Balaban J connectivity index is 1.74. The molecule has 1 aliphatic heterocycles. The van der Waals surface area contributed by atoms with E-state index in [1.54, 1.807) is 19.5 Å². The van der Waals surface area contributed by atoms with Crippen LogP contribution in [0.5, 0.6) is 0 Å². The number of nitrogens with two attached hydrogens (primary N) is 1. The minimum atomic E-state index is -0.155. The number of ether oxygens (including phenoxy) is 1. The summed E-state index contributed by atoms with van der Waals surface area (Å²) in [5, 5.41) is 0. The molecule has 2 aromatic rings. The van der Waals surface area contributed by atoms with Gasteiger partial charge in [-0.25, -0.2) is 15.0 Å². The van der Waals surface area contributed by atoms with Crippen molar-refractivity contribution in [3.05, 3.63) is 28.9 Å². The van der Waals surface area contributed by atoms with E-state index in [-0.39, 0.29) is 6.10 Å². The van der Waals surface area contributed by atoms with Crippen LogP contribution >= 0.6 is 0 Å². The van der Waals surface area contributed by atoms with Crippen molar-refractivity contribution in [3.63, 3.8) is 0 Å². The molecular weight excluding hydrogens is 366 g/mol. The molecule has 3 heterocycles. The average molecular weight is 396 g/mol. The Morgan fingerprint density at radius 1 is 1.14 bits per heavy atom. The van der Waals surface area contributed by atoms with Crippen LogP contribution in [0.3, 0.4) is 0 Å². The fourth-order valence-electron chi connectivity index (χ4n) is 4.16. The molecule has 0 radical (unpaired) electrons.